The molecule has 0 aliphatic carbocycles. The van der Waals surface area contributed by atoms with E-state index in [2.05, 4.69) is 15.4 Å². The summed E-state index contributed by atoms with van der Waals surface area (Å²) in [5.41, 5.74) is 0.689. The smallest absolute Gasteiger partial charge is 0.387 e. The number of rotatable bonds is 8. The maximum Gasteiger partial charge on any atom is 0.387 e. The van der Waals surface area contributed by atoms with Crippen molar-refractivity contribution in [1.82, 2.24) is 5.32 Å². The Balaban J connectivity index is 1.62. The van der Waals surface area contributed by atoms with Gasteiger partial charge in [-0.25, -0.2) is 0 Å². The highest BCUT2D eigenvalue weighted by Crippen LogP contribution is 2.17. The standard InChI is InChI=1S/C17H18F2N2O2S/c18-16(19)23-15-9-7-13(8-10-15)21-17(24)20-11-4-12-22-14-5-2-1-3-6-14/h1-3,5-10,16H,4,11-12H2,(H2,20,21,24). The highest BCUT2D eigenvalue weighted by Gasteiger charge is 2.04. The molecule has 0 aliphatic heterocycles. The molecule has 0 radical (unpaired) electrons. The van der Waals surface area contributed by atoms with Crippen LogP contribution in [0.25, 0.3) is 0 Å². The fourth-order valence-electron chi connectivity index (χ4n) is 1.88. The van der Waals surface area contributed by atoms with Crippen molar-refractivity contribution in [3.63, 3.8) is 0 Å². The number of halogens is 2. The Bertz CT molecular complexity index is 624. The first-order chi connectivity index (χ1) is 11.6. The van der Waals surface area contributed by atoms with E-state index in [0.29, 0.717) is 24.0 Å². The first-order valence-electron chi connectivity index (χ1n) is 7.41. The first-order valence-corrected chi connectivity index (χ1v) is 7.82. The van der Waals surface area contributed by atoms with Gasteiger partial charge in [0, 0.05) is 12.2 Å². The molecule has 2 N–H and O–H groups in total. The molecule has 4 nitrogen and oxygen atoms in total. The molecule has 2 aromatic carbocycles. The van der Waals surface area contributed by atoms with Crippen LogP contribution in [0.4, 0.5) is 14.5 Å². The second kappa shape index (κ2) is 9.67. The number of hydrogen-bond acceptors (Lipinski definition) is 3. The van der Waals surface area contributed by atoms with Gasteiger partial charge >= 0.3 is 6.61 Å². The summed E-state index contributed by atoms with van der Waals surface area (Å²) in [6.45, 7) is -1.59. The fraction of sp³-hybridized carbons (Fsp3) is 0.235. The predicted octanol–water partition coefficient (Wildman–Crippen LogP) is 4.04. The lowest BCUT2D eigenvalue weighted by atomic mass is 10.3. The third kappa shape index (κ3) is 6.78. The van der Waals surface area contributed by atoms with Crippen LogP contribution < -0.4 is 20.1 Å². The molecule has 0 saturated carbocycles. The number of benzene rings is 2. The minimum absolute atomic E-state index is 0.104. The molecule has 2 aromatic rings. The molecule has 0 spiro atoms. The lowest BCUT2D eigenvalue weighted by molar-refractivity contribution is -0.0498. The van der Waals surface area contributed by atoms with Gasteiger partial charge in [0.25, 0.3) is 0 Å². The fourth-order valence-corrected chi connectivity index (χ4v) is 2.10. The van der Waals surface area contributed by atoms with Crippen molar-refractivity contribution in [2.45, 2.75) is 13.0 Å². The Kier molecular flexibility index (Phi) is 7.22. The number of para-hydroxylation sites is 1. The molecule has 0 fully saturated rings. The Labute approximate surface area is 144 Å². The molecule has 2 rings (SSSR count). The molecule has 0 bridgehead atoms. The lowest BCUT2D eigenvalue weighted by Gasteiger charge is -2.11. The van der Waals surface area contributed by atoms with Crippen LogP contribution in [0, 0.1) is 0 Å². The van der Waals surface area contributed by atoms with Gasteiger partial charge in [-0.15, -0.1) is 0 Å². The summed E-state index contributed by atoms with van der Waals surface area (Å²) in [6.07, 6.45) is 0.790. The molecule has 0 heterocycles. The summed E-state index contributed by atoms with van der Waals surface area (Å²) in [4.78, 5) is 0. The van der Waals surface area contributed by atoms with Gasteiger partial charge in [-0.1, -0.05) is 18.2 Å². The van der Waals surface area contributed by atoms with Gasteiger partial charge in [-0.2, -0.15) is 8.78 Å². The molecule has 128 valence electrons. The minimum Gasteiger partial charge on any atom is -0.494 e. The van der Waals surface area contributed by atoms with Crippen LogP contribution in [0.15, 0.2) is 54.6 Å². The zero-order valence-corrected chi connectivity index (χ0v) is 13.7. The Hall–Kier alpha value is -2.41. The first kappa shape index (κ1) is 17.9. The Morgan fingerprint density at radius 1 is 1.00 bits per heavy atom. The van der Waals surface area contributed by atoms with Gasteiger partial charge < -0.3 is 20.1 Å². The van der Waals surface area contributed by atoms with E-state index >= 15 is 0 Å². The number of nitrogens with one attached hydrogen (secondary N) is 2. The number of thiocarbonyl (C=S) groups is 1. The van der Waals surface area contributed by atoms with Crippen LogP contribution in [-0.4, -0.2) is 24.9 Å². The number of alkyl halides is 2. The van der Waals surface area contributed by atoms with Crippen LogP contribution >= 0.6 is 12.2 Å². The molecule has 0 atom stereocenters. The maximum atomic E-state index is 12.1. The molecule has 0 amide bonds. The van der Waals surface area contributed by atoms with Crippen molar-refractivity contribution in [2.75, 3.05) is 18.5 Å². The SMILES string of the molecule is FC(F)Oc1ccc(NC(=S)NCCCOc2ccccc2)cc1. The average Bonchev–Trinajstić information content (AvgIpc) is 2.57. The van der Waals surface area contributed by atoms with Gasteiger partial charge in [0.2, 0.25) is 0 Å². The molecular weight excluding hydrogens is 334 g/mol. The van der Waals surface area contributed by atoms with Crippen LogP contribution in [0.3, 0.4) is 0 Å². The summed E-state index contributed by atoms with van der Waals surface area (Å²) < 4.78 is 34.0. The molecule has 24 heavy (non-hydrogen) atoms. The van der Waals surface area contributed by atoms with Crippen molar-refractivity contribution >= 4 is 23.0 Å². The summed E-state index contributed by atoms with van der Waals surface area (Å²) in [5, 5.41) is 6.48. The van der Waals surface area contributed by atoms with Crippen LogP contribution in [-0.2, 0) is 0 Å². The summed E-state index contributed by atoms with van der Waals surface area (Å²) >= 11 is 5.17. The average molecular weight is 352 g/mol. The largest absolute Gasteiger partial charge is 0.494 e. The highest BCUT2D eigenvalue weighted by molar-refractivity contribution is 7.80. The molecule has 0 saturated heterocycles. The van der Waals surface area contributed by atoms with Crippen LogP contribution in [0.5, 0.6) is 11.5 Å². The third-order valence-corrected chi connectivity index (χ3v) is 3.20. The summed E-state index contributed by atoms with van der Waals surface area (Å²) in [7, 11) is 0. The van der Waals surface area contributed by atoms with E-state index in [9.17, 15) is 8.78 Å². The van der Waals surface area contributed by atoms with E-state index in [0.717, 1.165) is 12.2 Å². The predicted molar refractivity (Wildman–Crippen MR) is 93.9 cm³/mol. The highest BCUT2D eigenvalue weighted by atomic mass is 32.1. The van der Waals surface area contributed by atoms with E-state index in [1.54, 1.807) is 12.1 Å². The van der Waals surface area contributed by atoms with Gasteiger partial charge in [0.05, 0.1) is 6.61 Å². The molecule has 0 unspecified atom stereocenters. The van der Waals surface area contributed by atoms with Crippen molar-refractivity contribution in [3.8, 4) is 11.5 Å². The van der Waals surface area contributed by atoms with E-state index < -0.39 is 6.61 Å². The summed E-state index contributed by atoms with van der Waals surface area (Å²) in [5.74, 6) is 0.941. The molecule has 0 aromatic heterocycles. The minimum atomic E-state index is -2.83. The van der Waals surface area contributed by atoms with Crippen molar-refractivity contribution in [2.24, 2.45) is 0 Å². The quantitative estimate of drug-likeness (QED) is 0.554. The maximum absolute atomic E-state index is 12.1. The Morgan fingerprint density at radius 2 is 1.71 bits per heavy atom. The van der Waals surface area contributed by atoms with E-state index in [-0.39, 0.29) is 5.75 Å². The van der Waals surface area contributed by atoms with Gasteiger partial charge in [-0.3, -0.25) is 0 Å². The van der Waals surface area contributed by atoms with Gasteiger partial charge in [0.1, 0.15) is 11.5 Å². The van der Waals surface area contributed by atoms with Gasteiger partial charge in [-0.05, 0) is 55.0 Å². The van der Waals surface area contributed by atoms with Crippen molar-refractivity contribution in [3.05, 3.63) is 54.6 Å². The molecule has 7 heteroatoms. The number of anilines is 1. The van der Waals surface area contributed by atoms with Crippen LogP contribution in [0.1, 0.15) is 6.42 Å². The van der Waals surface area contributed by atoms with E-state index in [4.69, 9.17) is 17.0 Å². The second-order valence-corrected chi connectivity index (χ2v) is 5.21. The van der Waals surface area contributed by atoms with E-state index in [1.807, 2.05) is 30.3 Å². The van der Waals surface area contributed by atoms with E-state index in [1.165, 1.54) is 12.1 Å². The second-order valence-electron chi connectivity index (χ2n) is 4.80. The zero-order chi connectivity index (χ0) is 17.2. The van der Waals surface area contributed by atoms with Crippen molar-refractivity contribution in [1.29, 1.82) is 0 Å². The number of hydrogen-bond donors (Lipinski definition) is 2. The zero-order valence-electron chi connectivity index (χ0n) is 12.9. The van der Waals surface area contributed by atoms with Crippen molar-refractivity contribution < 1.29 is 18.3 Å². The summed E-state index contributed by atoms with van der Waals surface area (Å²) in [6, 6.07) is 15.7. The molecule has 0 aliphatic rings. The molecular formula is C17H18F2N2O2S. The third-order valence-electron chi connectivity index (χ3n) is 2.96. The number of ether oxygens (including phenoxy) is 2. The Morgan fingerprint density at radius 3 is 2.38 bits per heavy atom. The van der Waals surface area contributed by atoms with Gasteiger partial charge in [0.15, 0.2) is 5.11 Å². The topological polar surface area (TPSA) is 42.5 Å². The van der Waals surface area contributed by atoms with Crippen LogP contribution in [0.2, 0.25) is 0 Å². The lowest BCUT2D eigenvalue weighted by Crippen LogP contribution is -2.29. The normalized spacial score (nSPS) is 10.3. The monoisotopic (exact) mass is 352 g/mol.